The van der Waals surface area contributed by atoms with Gasteiger partial charge < -0.3 is 14.7 Å². The van der Waals surface area contributed by atoms with E-state index in [-0.39, 0.29) is 18.6 Å². The Morgan fingerprint density at radius 3 is 2.79 bits per heavy atom. The van der Waals surface area contributed by atoms with Crippen LogP contribution in [0.15, 0.2) is 11.4 Å². The number of carboxylic acids is 1. The van der Waals surface area contributed by atoms with Crippen molar-refractivity contribution in [3.63, 3.8) is 0 Å². The second-order valence-electron chi connectivity index (χ2n) is 5.01. The number of morpholine rings is 1. The lowest BCUT2D eigenvalue weighted by atomic mass is 10.0. The summed E-state index contributed by atoms with van der Waals surface area (Å²) in [6, 6.07) is 1.65. The third-order valence-electron chi connectivity index (χ3n) is 3.61. The van der Waals surface area contributed by atoms with Crippen LogP contribution in [-0.4, -0.2) is 40.6 Å². The molecule has 0 spiro atoms. The first-order chi connectivity index (χ1) is 9.09. The third kappa shape index (κ3) is 2.15. The second-order valence-corrected chi connectivity index (χ2v) is 5.96. The summed E-state index contributed by atoms with van der Waals surface area (Å²) in [6.45, 7) is 1.81. The quantitative estimate of drug-likeness (QED) is 0.913. The maximum atomic E-state index is 12.1. The Kier molecular flexibility index (Phi) is 3.06. The summed E-state index contributed by atoms with van der Waals surface area (Å²) in [4.78, 5) is 26.1. The minimum absolute atomic E-state index is 0.0993. The Morgan fingerprint density at radius 1 is 1.53 bits per heavy atom. The fraction of sp³-hybridized carbons (Fsp3) is 0.538. The van der Waals surface area contributed by atoms with Crippen molar-refractivity contribution < 1.29 is 19.4 Å². The number of carbonyl (C=O) groups excluding carboxylic acids is 1. The molecule has 19 heavy (non-hydrogen) atoms. The molecule has 0 radical (unpaired) electrons. The van der Waals surface area contributed by atoms with Gasteiger partial charge in [-0.05, 0) is 36.8 Å². The van der Waals surface area contributed by atoms with Gasteiger partial charge in [-0.1, -0.05) is 0 Å². The van der Waals surface area contributed by atoms with Crippen molar-refractivity contribution in [3.05, 3.63) is 21.9 Å². The van der Waals surface area contributed by atoms with Crippen molar-refractivity contribution in [1.82, 2.24) is 4.90 Å². The van der Waals surface area contributed by atoms with Gasteiger partial charge >= 0.3 is 5.97 Å². The van der Waals surface area contributed by atoms with E-state index in [9.17, 15) is 14.7 Å². The highest BCUT2D eigenvalue weighted by atomic mass is 32.1. The predicted octanol–water partition coefficient (Wildman–Crippen LogP) is 1.57. The number of carbonyl (C=O) groups is 2. The smallest absolute Gasteiger partial charge is 0.335 e. The highest BCUT2D eigenvalue weighted by Crippen LogP contribution is 2.42. The Bertz CT molecular complexity index is 522. The highest BCUT2D eigenvalue weighted by molar-refractivity contribution is 7.10. The standard InChI is InChI=1S/C13H15NO4S/c1-7-4-5-19-12(7)10-11(13(16)17)18-6-9(15)14(10)8-2-3-8/h4-5,8,10-11H,2-3,6H2,1H3,(H,16,17). The molecular weight excluding hydrogens is 266 g/mol. The van der Waals surface area contributed by atoms with Gasteiger partial charge in [0.05, 0.1) is 0 Å². The number of ether oxygens (including phenoxy) is 1. The van der Waals surface area contributed by atoms with Crippen LogP contribution in [0, 0.1) is 6.92 Å². The summed E-state index contributed by atoms with van der Waals surface area (Å²) in [7, 11) is 0. The molecular formula is C13H15NO4S. The van der Waals surface area contributed by atoms with E-state index < -0.39 is 18.1 Å². The Balaban J connectivity index is 2.02. The maximum Gasteiger partial charge on any atom is 0.335 e. The number of hydrogen-bond donors (Lipinski definition) is 1. The molecule has 102 valence electrons. The predicted molar refractivity (Wildman–Crippen MR) is 69.0 cm³/mol. The maximum absolute atomic E-state index is 12.1. The zero-order valence-electron chi connectivity index (χ0n) is 10.5. The Hall–Kier alpha value is -1.40. The van der Waals surface area contributed by atoms with Gasteiger partial charge in [-0.25, -0.2) is 4.79 Å². The van der Waals surface area contributed by atoms with Crippen LogP contribution in [0.1, 0.15) is 29.3 Å². The molecule has 2 heterocycles. The van der Waals surface area contributed by atoms with Crippen LogP contribution in [0.4, 0.5) is 0 Å². The van der Waals surface area contributed by atoms with Crippen LogP contribution in [-0.2, 0) is 14.3 Å². The highest BCUT2D eigenvalue weighted by Gasteiger charge is 2.48. The number of amides is 1. The first-order valence-electron chi connectivity index (χ1n) is 6.29. The minimum Gasteiger partial charge on any atom is -0.479 e. The monoisotopic (exact) mass is 281 g/mol. The van der Waals surface area contributed by atoms with Gasteiger partial charge in [0, 0.05) is 10.9 Å². The molecule has 1 saturated carbocycles. The number of aliphatic carboxylic acids is 1. The number of nitrogens with zero attached hydrogens (tertiary/aromatic N) is 1. The van der Waals surface area contributed by atoms with Crippen molar-refractivity contribution in [3.8, 4) is 0 Å². The largest absolute Gasteiger partial charge is 0.479 e. The fourth-order valence-electron chi connectivity index (χ4n) is 2.57. The fourth-order valence-corrected chi connectivity index (χ4v) is 3.62. The topological polar surface area (TPSA) is 66.8 Å². The molecule has 2 aliphatic rings. The van der Waals surface area contributed by atoms with E-state index in [0.29, 0.717) is 0 Å². The lowest BCUT2D eigenvalue weighted by Crippen LogP contribution is -2.52. The van der Waals surface area contributed by atoms with Crippen molar-refractivity contribution in [2.45, 2.75) is 38.0 Å². The molecule has 0 bridgehead atoms. The van der Waals surface area contributed by atoms with Gasteiger partial charge in [-0.3, -0.25) is 4.79 Å². The summed E-state index contributed by atoms with van der Waals surface area (Å²) in [5.74, 6) is -1.10. The molecule has 2 unspecified atom stereocenters. The second kappa shape index (κ2) is 4.61. The number of rotatable bonds is 3. The summed E-state index contributed by atoms with van der Waals surface area (Å²) in [6.07, 6.45) is 0.952. The number of aryl methyl sites for hydroxylation is 1. The van der Waals surface area contributed by atoms with E-state index in [4.69, 9.17) is 4.74 Å². The third-order valence-corrected chi connectivity index (χ3v) is 4.70. The zero-order valence-corrected chi connectivity index (χ0v) is 11.4. The summed E-state index contributed by atoms with van der Waals surface area (Å²) >= 11 is 1.49. The number of hydrogen-bond acceptors (Lipinski definition) is 4. The molecule has 5 nitrogen and oxygen atoms in total. The summed E-state index contributed by atoms with van der Waals surface area (Å²) < 4.78 is 5.27. The van der Waals surface area contributed by atoms with Crippen LogP contribution >= 0.6 is 11.3 Å². The molecule has 0 aromatic carbocycles. The molecule has 1 amide bonds. The normalized spacial score (nSPS) is 27.6. The van der Waals surface area contributed by atoms with E-state index in [2.05, 4.69) is 0 Å². The molecule has 3 rings (SSSR count). The molecule has 1 aromatic rings. The molecule has 6 heteroatoms. The molecule has 1 saturated heterocycles. The van der Waals surface area contributed by atoms with Crippen molar-refractivity contribution in [2.24, 2.45) is 0 Å². The van der Waals surface area contributed by atoms with E-state index in [1.54, 1.807) is 4.90 Å². The molecule has 1 aliphatic carbocycles. The van der Waals surface area contributed by atoms with Gasteiger partial charge in [-0.2, -0.15) is 0 Å². The van der Waals surface area contributed by atoms with Crippen LogP contribution in [0.2, 0.25) is 0 Å². The van der Waals surface area contributed by atoms with Crippen LogP contribution < -0.4 is 0 Å². The molecule has 2 atom stereocenters. The average molecular weight is 281 g/mol. The Labute approximate surface area is 114 Å². The van der Waals surface area contributed by atoms with Gasteiger partial charge in [0.25, 0.3) is 0 Å². The van der Waals surface area contributed by atoms with Crippen LogP contribution in [0.25, 0.3) is 0 Å². The van der Waals surface area contributed by atoms with E-state index in [1.807, 2.05) is 18.4 Å². The van der Waals surface area contributed by atoms with Gasteiger partial charge in [0.1, 0.15) is 12.6 Å². The molecule has 1 aliphatic heterocycles. The molecule has 1 N–H and O–H groups in total. The molecule has 1 aromatic heterocycles. The first kappa shape index (κ1) is 12.6. The SMILES string of the molecule is Cc1ccsc1C1C(C(=O)O)OCC(=O)N1C1CC1. The van der Waals surface area contributed by atoms with Crippen LogP contribution in [0.5, 0.6) is 0 Å². The lowest BCUT2D eigenvalue weighted by Gasteiger charge is -2.39. The minimum atomic E-state index is -1.00. The summed E-state index contributed by atoms with van der Waals surface area (Å²) in [5, 5.41) is 11.3. The van der Waals surface area contributed by atoms with E-state index in [0.717, 1.165) is 23.3 Å². The summed E-state index contributed by atoms with van der Waals surface area (Å²) in [5.41, 5.74) is 1.02. The van der Waals surface area contributed by atoms with Crippen molar-refractivity contribution in [1.29, 1.82) is 0 Å². The van der Waals surface area contributed by atoms with Gasteiger partial charge in [0.2, 0.25) is 5.91 Å². The van der Waals surface area contributed by atoms with E-state index >= 15 is 0 Å². The van der Waals surface area contributed by atoms with Gasteiger partial charge in [0.15, 0.2) is 6.10 Å². The van der Waals surface area contributed by atoms with Crippen molar-refractivity contribution in [2.75, 3.05) is 6.61 Å². The van der Waals surface area contributed by atoms with E-state index in [1.165, 1.54) is 11.3 Å². The number of carboxylic acid groups (broad SMARTS) is 1. The average Bonchev–Trinajstić information content (AvgIpc) is 3.10. The van der Waals surface area contributed by atoms with Crippen molar-refractivity contribution >= 4 is 23.2 Å². The van der Waals surface area contributed by atoms with Gasteiger partial charge in [-0.15, -0.1) is 11.3 Å². The number of thiophene rings is 1. The zero-order chi connectivity index (χ0) is 13.6. The van der Waals surface area contributed by atoms with Crippen LogP contribution in [0.3, 0.4) is 0 Å². The Morgan fingerprint density at radius 2 is 2.26 bits per heavy atom. The molecule has 2 fully saturated rings. The lowest BCUT2D eigenvalue weighted by molar-refractivity contribution is -0.173. The first-order valence-corrected chi connectivity index (χ1v) is 7.17.